The summed E-state index contributed by atoms with van der Waals surface area (Å²) >= 11 is 22.8. The zero-order valence-electron chi connectivity index (χ0n) is 11.7. The van der Waals surface area contributed by atoms with E-state index in [-0.39, 0.29) is 22.4 Å². The van der Waals surface area contributed by atoms with Crippen LogP contribution in [0.15, 0.2) is 30.5 Å². The molecular formula is C14H9Cl3F3N3S. The molecule has 0 unspecified atom stereocenters. The van der Waals surface area contributed by atoms with Gasteiger partial charge in [0.2, 0.25) is 0 Å². The van der Waals surface area contributed by atoms with Crippen molar-refractivity contribution < 1.29 is 13.2 Å². The van der Waals surface area contributed by atoms with Gasteiger partial charge in [-0.1, -0.05) is 40.9 Å². The summed E-state index contributed by atoms with van der Waals surface area (Å²) in [4.78, 5) is 3.71. The molecule has 2 rings (SSSR count). The topological polar surface area (TPSA) is 37.0 Å². The van der Waals surface area contributed by atoms with Crippen molar-refractivity contribution >= 4 is 57.8 Å². The van der Waals surface area contributed by atoms with Crippen molar-refractivity contribution in [3.8, 4) is 0 Å². The molecule has 1 heterocycles. The summed E-state index contributed by atoms with van der Waals surface area (Å²) in [6.07, 6.45) is -3.78. The lowest BCUT2D eigenvalue weighted by molar-refractivity contribution is -0.137. The van der Waals surface area contributed by atoms with E-state index in [9.17, 15) is 13.2 Å². The molecule has 0 atom stereocenters. The van der Waals surface area contributed by atoms with Gasteiger partial charge in [0.05, 0.1) is 38.6 Å². The monoisotopic (exact) mass is 413 g/mol. The Kier molecular flexibility index (Phi) is 6.14. The largest absolute Gasteiger partial charge is 0.417 e. The van der Waals surface area contributed by atoms with E-state index in [4.69, 9.17) is 47.0 Å². The van der Waals surface area contributed by atoms with E-state index in [1.165, 1.54) is 0 Å². The minimum Gasteiger partial charge on any atom is -0.357 e. The number of nitrogens with zero attached hydrogens (tertiary/aromatic N) is 1. The summed E-state index contributed by atoms with van der Waals surface area (Å²) < 4.78 is 37.7. The molecule has 2 aromatic rings. The third-order valence-electron chi connectivity index (χ3n) is 2.86. The van der Waals surface area contributed by atoms with Gasteiger partial charge in [-0.15, -0.1) is 0 Å². The number of anilines is 1. The second kappa shape index (κ2) is 7.74. The normalized spacial score (nSPS) is 11.2. The van der Waals surface area contributed by atoms with Crippen LogP contribution in [0.1, 0.15) is 11.3 Å². The first-order valence-corrected chi connectivity index (χ1v) is 7.93. The van der Waals surface area contributed by atoms with E-state index in [1.54, 1.807) is 18.2 Å². The molecule has 0 aliphatic heterocycles. The lowest BCUT2D eigenvalue weighted by Gasteiger charge is -2.13. The maximum absolute atomic E-state index is 12.6. The first kappa shape index (κ1) is 19.1. The smallest absolute Gasteiger partial charge is 0.357 e. The number of pyridine rings is 1. The fourth-order valence-corrected chi connectivity index (χ4v) is 2.45. The molecule has 0 aliphatic rings. The van der Waals surface area contributed by atoms with E-state index >= 15 is 0 Å². The third-order valence-corrected chi connectivity index (χ3v) is 4.25. The van der Waals surface area contributed by atoms with Gasteiger partial charge in [0, 0.05) is 6.20 Å². The first-order chi connectivity index (χ1) is 11.2. The van der Waals surface area contributed by atoms with Crippen LogP contribution >= 0.6 is 47.0 Å². The Morgan fingerprint density at radius 1 is 1.17 bits per heavy atom. The summed E-state index contributed by atoms with van der Waals surface area (Å²) in [6.45, 7) is 0.0426. The zero-order chi connectivity index (χ0) is 17.9. The summed E-state index contributed by atoms with van der Waals surface area (Å²) in [5.41, 5.74) is -0.193. The van der Waals surface area contributed by atoms with Gasteiger partial charge in [0.15, 0.2) is 5.11 Å². The van der Waals surface area contributed by atoms with Gasteiger partial charge in [-0.3, -0.25) is 4.98 Å². The summed E-state index contributed by atoms with van der Waals surface area (Å²) in [5.74, 6) is 0. The van der Waals surface area contributed by atoms with Gasteiger partial charge in [-0.25, -0.2) is 0 Å². The van der Waals surface area contributed by atoms with Crippen LogP contribution in [0.4, 0.5) is 18.9 Å². The molecule has 128 valence electrons. The van der Waals surface area contributed by atoms with Gasteiger partial charge in [-0.2, -0.15) is 13.2 Å². The maximum Gasteiger partial charge on any atom is 0.417 e. The molecular weight excluding hydrogens is 406 g/mol. The predicted molar refractivity (Wildman–Crippen MR) is 93.8 cm³/mol. The molecule has 0 saturated carbocycles. The van der Waals surface area contributed by atoms with Gasteiger partial charge in [0.1, 0.15) is 0 Å². The average molecular weight is 415 g/mol. The highest BCUT2D eigenvalue weighted by molar-refractivity contribution is 7.80. The molecule has 0 saturated heterocycles. The Hall–Kier alpha value is -1.28. The third kappa shape index (κ3) is 4.86. The Balaban J connectivity index is 2.00. The molecule has 1 aromatic heterocycles. The minimum absolute atomic E-state index is 0.0426. The first-order valence-electron chi connectivity index (χ1n) is 6.39. The summed E-state index contributed by atoms with van der Waals surface area (Å²) in [7, 11) is 0. The van der Waals surface area contributed by atoms with Crippen molar-refractivity contribution in [3.05, 3.63) is 56.8 Å². The lowest BCUT2D eigenvalue weighted by atomic mass is 10.2. The van der Waals surface area contributed by atoms with E-state index < -0.39 is 11.7 Å². The molecule has 0 aliphatic carbocycles. The standard InChI is InChI=1S/C14H9Cl3F3N3S/c15-8-2-1-3-10(12(8)17)23-13(24)22-6-11-9(16)4-7(5-21-11)14(18,19)20/h1-5H,6H2,(H2,22,23,24). The SMILES string of the molecule is FC(F)(F)c1cnc(CNC(=S)Nc2cccc(Cl)c2Cl)c(Cl)c1. The number of hydrogen-bond donors (Lipinski definition) is 2. The molecule has 0 amide bonds. The van der Waals surface area contributed by atoms with Crippen molar-refractivity contribution in [2.24, 2.45) is 0 Å². The van der Waals surface area contributed by atoms with Crippen molar-refractivity contribution in [1.82, 2.24) is 10.3 Å². The molecule has 0 fully saturated rings. The number of hydrogen-bond acceptors (Lipinski definition) is 2. The van der Waals surface area contributed by atoms with Crippen molar-refractivity contribution in [1.29, 1.82) is 0 Å². The zero-order valence-corrected chi connectivity index (χ0v) is 14.8. The van der Waals surface area contributed by atoms with E-state index in [2.05, 4.69) is 15.6 Å². The van der Waals surface area contributed by atoms with Crippen LogP contribution in [-0.2, 0) is 12.7 Å². The Morgan fingerprint density at radius 2 is 1.88 bits per heavy atom. The highest BCUT2D eigenvalue weighted by atomic mass is 35.5. The van der Waals surface area contributed by atoms with E-state index in [1.807, 2.05) is 0 Å². The molecule has 0 bridgehead atoms. The number of rotatable bonds is 3. The number of alkyl halides is 3. The fourth-order valence-electron chi connectivity index (χ4n) is 1.68. The van der Waals surface area contributed by atoms with E-state index in [0.29, 0.717) is 21.9 Å². The second-order valence-corrected chi connectivity index (χ2v) is 6.16. The van der Waals surface area contributed by atoms with Crippen molar-refractivity contribution in [2.45, 2.75) is 12.7 Å². The number of nitrogens with one attached hydrogen (secondary N) is 2. The number of thiocarbonyl (C=S) groups is 1. The molecule has 1 aromatic carbocycles. The van der Waals surface area contributed by atoms with Crippen LogP contribution in [0.3, 0.4) is 0 Å². The molecule has 24 heavy (non-hydrogen) atoms. The highest BCUT2D eigenvalue weighted by Crippen LogP contribution is 2.31. The maximum atomic E-state index is 12.6. The van der Waals surface area contributed by atoms with Crippen LogP contribution in [-0.4, -0.2) is 10.1 Å². The van der Waals surface area contributed by atoms with Crippen LogP contribution in [0.25, 0.3) is 0 Å². The van der Waals surface area contributed by atoms with Crippen LogP contribution in [0.2, 0.25) is 15.1 Å². The minimum atomic E-state index is -4.50. The van der Waals surface area contributed by atoms with Crippen molar-refractivity contribution in [3.63, 3.8) is 0 Å². The molecule has 2 N–H and O–H groups in total. The van der Waals surface area contributed by atoms with E-state index in [0.717, 1.165) is 6.07 Å². The highest BCUT2D eigenvalue weighted by Gasteiger charge is 2.31. The number of aromatic nitrogens is 1. The molecule has 0 spiro atoms. The number of halogens is 6. The number of benzene rings is 1. The molecule has 0 radical (unpaired) electrons. The van der Waals surface area contributed by atoms with Gasteiger partial charge < -0.3 is 10.6 Å². The fraction of sp³-hybridized carbons (Fsp3) is 0.143. The second-order valence-electron chi connectivity index (χ2n) is 4.56. The molecule has 10 heteroatoms. The quantitative estimate of drug-likeness (QED) is 0.646. The summed E-state index contributed by atoms with van der Waals surface area (Å²) in [5, 5.41) is 6.35. The Morgan fingerprint density at radius 3 is 2.50 bits per heavy atom. The predicted octanol–water partition coefficient (Wildman–Crippen LogP) is 5.55. The molecule has 3 nitrogen and oxygen atoms in total. The Labute approximate surface area is 156 Å². The average Bonchev–Trinajstić information content (AvgIpc) is 2.49. The van der Waals surface area contributed by atoms with Gasteiger partial charge in [-0.05, 0) is 30.4 Å². The Bertz CT molecular complexity index is 769. The van der Waals surface area contributed by atoms with Crippen LogP contribution < -0.4 is 10.6 Å². The lowest BCUT2D eigenvalue weighted by Crippen LogP contribution is -2.28. The van der Waals surface area contributed by atoms with Crippen molar-refractivity contribution in [2.75, 3.05) is 5.32 Å². The van der Waals surface area contributed by atoms with Crippen LogP contribution in [0, 0.1) is 0 Å². The van der Waals surface area contributed by atoms with Gasteiger partial charge >= 0.3 is 6.18 Å². The summed E-state index contributed by atoms with van der Waals surface area (Å²) in [6, 6.07) is 5.80. The van der Waals surface area contributed by atoms with Crippen LogP contribution in [0.5, 0.6) is 0 Å². The van der Waals surface area contributed by atoms with Gasteiger partial charge in [0.25, 0.3) is 0 Å².